The largest absolute Gasteiger partial charge is 0.379 e. The quantitative estimate of drug-likeness (QED) is 0.426. The molecule has 0 spiro atoms. The van der Waals surface area contributed by atoms with Gasteiger partial charge in [0.2, 0.25) is 5.95 Å². The van der Waals surface area contributed by atoms with Gasteiger partial charge < -0.3 is 20.1 Å². The Kier molecular flexibility index (Phi) is 7.38. The van der Waals surface area contributed by atoms with E-state index in [-0.39, 0.29) is 6.23 Å². The van der Waals surface area contributed by atoms with Gasteiger partial charge in [0, 0.05) is 31.8 Å². The number of hydrogen-bond donors (Lipinski definition) is 2. The molecule has 1 atom stereocenters. The third-order valence-corrected chi connectivity index (χ3v) is 8.75. The van der Waals surface area contributed by atoms with Crippen molar-refractivity contribution in [3.8, 4) is 0 Å². The average molecular weight is 578 g/mol. The van der Waals surface area contributed by atoms with Gasteiger partial charge in [-0.3, -0.25) is 4.90 Å². The van der Waals surface area contributed by atoms with Crippen LogP contribution >= 0.6 is 27.5 Å². The van der Waals surface area contributed by atoms with Gasteiger partial charge in [0.15, 0.2) is 11.9 Å². The first-order chi connectivity index (χ1) is 17.6. The lowest BCUT2D eigenvalue weighted by atomic mass is 9.90. The van der Waals surface area contributed by atoms with Crippen molar-refractivity contribution in [3.63, 3.8) is 0 Å². The maximum atomic E-state index is 6.06. The van der Waals surface area contributed by atoms with E-state index in [0.29, 0.717) is 18.0 Å². The number of rotatable bonds is 6. The summed E-state index contributed by atoms with van der Waals surface area (Å²) in [6, 6.07) is 3.03. The van der Waals surface area contributed by atoms with Crippen LogP contribution < -0.4 is 10.6 Å². The van der Waals surface area contributed by atoms with E-state index in [1.807, 2.05) is 17.7 Å². The van der Waals surface area contributed by atoms with Crippen molar-refractivity contribution in [1.29, 1.82) is 0 Å². The molecule has 0 amide bonds. The molecule has 2 N–H and O–H groups in total. The van der Waals surface area contributed by atoms with Crippen LogP contribution in [0.1, 0.15) is 56.9 Å². The van der Waals surface area contributed by atoms with Crippen LogP contribution in [0, 0.1) is 6.92 Å². The first-order valence-corrected chi connectivity index (χ1v) is 14.6. The minimum Gasteiger partial charge on any atom is -0.379 e. The second-order valence-electron chi connectivity index (χ2n) is 9.91. The van der Waals surface area contributed by atoms with Crippen molar-refractivity contribution in [2.24, 2.45) is 0 Å². The van der Waals surface area contributed by atoms with Crippen LogP contribution in [0.2, 0.25) is 0 Å². The Balaban J connectivity index is 1.27. The summed E-state index contributed by atoms with van der Waals surface area (Å²) in [6.07, 6.45) is 7.63. The summed E-state index contributed by atoms with van der Waals surface area (Å²) in [7, 11) is 0. The van der Waals surface area contributed by atoms with E-state index in [2.05, 4.69) is 35.8 Å². The van der Waals surface area contributed by atoms with Gasteiger partial charge in [0.05, 0.1) is 24.3 Å². The number of morpholine rings is 1. The van der Waals surface area contributed by atoms with E-state index in [1.54, 1.807) is 0 Å². The van der Waals surface area contributed by atoms with E-state index < -0.39 is 0 Å². The third kappa shape index (κ3) is 5.24. The first kappa shape index (κ1) is 24.5. The lowest BCUT2D eigenvalue weighted by Gasteiger charge is -2.39. The molecule has 1 aliphatic carbocycles. The van der Waals surface area contributed by atoms with Crippen molar-refractivity contribution in [1.82, 2.24) is 29.0 Å². The number of nitrogens with one attached hydrogen (secondary N) is 2. The predicted molar refractivity (Wildman–Crippen MR) is 144 cm³/mol. The predicted octanol–water partition coefficient (Wildman–Crippen LogP) is 4.85. The second kappa shape index (κ2) is 10.9. The molecule has 0 bridgehead atoms. The van der Waals surface area contributed by atoms with Gasteiger partial charge in [-0.25, -0.2) is 4.68 Å². The van der Waals surface area contributed by atoms with Gasteiger partial charge in [-0.1, -0.05) is 0 Å². The Morgan fingerprint density at radius 3 is 2.61 bits per heavy atom. The Bertz CT molecular complexity index is 1180. The monoisotopic (exact) mass is 576 g/mol. The van der Waals surface area contributed by atoms with E-state index in [4.69, 9.17) is 24.5 Å². The number of halogens is 1. The summed E-state index contributed by atoms with van der Waals surface area (Å²) in [6.45, 7) is 6.55. The van der Waals surface area contributed by atoms with Gasteiger partial charge in [0.1, 0.15) is 15.4 Å². The molecule has 1 saturated carbocycles. The van der Waals surface area contributed by atoms with Gasteiger partial charge in [-0.2, -0.15) is 19.4 Å². The van der Waals surface area contributed by atoms with Crippen molar-refractivity contribution < 1.29 is 9.47 Å². The fraction of sp³-hybridized carbons (Fsp3) is 0.667. The molecule has 3 fully saturated rings. The van der Waals surface area contributed by atoms with Gasteiger partial charge in [-0.15, -0.1) is 0 Å². The van der Waals surface area contributed by atoms with Crippen LogP contribution in [-0.4, -0.2) is 74.0 Å². The summed E-state index contributed by atoms with van der Waals surface area (Å²) in [5.41, 5.74) is 1.75. The van der Waals surface area contributed by atoms with E-state index in [9.17, 15) is 0 Å². The number of ether oxygens (including phenoxy) is 2. The number of nitrogens with zero attached hydrogens (tertiary/aromatic N) is 6. The number of anilines is 3. The highest BCUT2D eigenvalue weighted by Crippen LogP contribution is 2.36. The molecule has 2 aliphatic heterocycles. The zero-order valence-corrected chi connectivity index (χ0v) is 23.0. The Morgan fingerprint density at radius 2 is 1.89 bits per heavy atom. The maximum absolute atomic E-state index is 6.06. The van der Waals surface area contributed by atoms with Crippen molar-refractivity contribution >= 4 is 55.3 Å². The molecular formula is C24H33BrN8O2S. The summed E-state index contributed by atoms with van der Waals surface area (Å²) in [4.78, 5) is 12.4. The molecule has 10 nitrogen and oxygen atoms in total. The van der Waals surface area contributed by atoms with Crippen LogP contribution in [-0.2, 0) is 9.47 Å². The zero-order chi connectivity index (χ0) is 24.5. The Hall–Kier alpha value is -1.86. The van der Waals surface area contributed by atoms with Crippen molar-refractivity contribution in [2.45, 2.75) is 70.2 Å². The Labute approximate surface area is 223 Å². The lowest BCUT2D eigenvalue weighted by molar-refractivity contribution is -0.0371. The van der Waals surface area contributed by atoms with Gasteiger partial charge in [-0.05, 0) is 85.4 Å². The first-order valence-electron chi connectivity index (χ1n) is 13.0. The van der Waals surface area contributed by atoms with E-state index in [0.717, 1.165) is 97.2 Å². The Morgan fingerprint density at radius 1 is 1.06 bits per heavy atom. The molecule has 3 aromatic heterocycles. The molecule has 12 heteroatoms. The number of aromatic nitrogens is 5. The molecule has 0 aromatic carbocycles. The van der Waals surface area contributed by atoms with Crippen molar-refractivity contribution in [3.05, 3.63) is 16.4 Å². The molecule has 36 heavy (non-hydrogen) atoms. The molecule has 6 rings (SSSR count). The normalized spacial score (nSPS) is 25.8. The van der Waals surface area contributed by atoms with Gasteiger partial charge in [0.25, 0.3) is 0 Å². The fourth-order valence-electron chi connectivity index (χ4n) is 5.53. The minimum atomic E-state index is -0.113. The number of hydrogen-bond acceptors (Lipinski definition) is 10. The molecule has 3 aliphatic rings. The molecule has 1 unspecified atom stereocenters. The summed E-state index contributed by atoms with van der Waals surface area (Å²) in [5, 5.41) is 13.8. The SMILES string of the molecule is Cc1cc(Nc2nc(NC3CCC(N4CCOCC4)CC3)c3c(Br)nn(C4CCCCO4)c3n2)sn1. The van der Waals surface area contributed by atoms with Crippen LogP contribution in [0.5, 0.6) is 0 Å². The molecule has 5 heterocycles. The highest BCUT2D eigenvalue weighted by molar-refractivity contribution is 9.10. The van der Waals surface area contributed by atoms with E-state index >= 15 is 0 Å². The van der Waals surface area contributed by atoms with Crippen LogP contribution in [0.3, 0.4) is 0 Å². The maximum Gasteiger partial charge on any atom is 0.231 e. The fourth-order valence-corrected chi connectivity index (χ4v) is 6.72. The molecule has 3 aromatic rings. The number of fused-ring (bicyclic) bond motifs is 1. The van der Waals surface area contributed by atoms with Gasteiger partial charge >= 0.3 is 0 Å². The summed E-state index contributed by atoms with van der Waals surface area (Å²) >= 11 is 5.11. The summed E-state index contributed by atoms with van der Waals surface area (Å²) < 4.78 is 18.7. The minimum absolute atomic E-state index is 0.113. The molecular weight excluding hydrogens is 544 g/mol. The second-order valence-corrected chi connectivity index (χ2v) is 11.5. The van der Waals surface area contributed by atoms with Crippen LogP contribution in [0.25, 0.3) is 11.0 Å². The number of aryl methyl sites for hydroxylation is 1. The molecule has 2 saturated heterocycles. The zero-order valence-electron chi connectivity index (χ0n) is 20.6. The van der Waals surface area contributed by atoms with Crippen LogP contribution in [0.15, 0.2) is 10.7 Å². The summed E-state index contributed by atoms with van der Waals surface area (Å²) in [5.74, 6) is 1.35. The van der Waals surface area contributed by atoms with Crippen LogP contribution in [0.4, 0.5) is 16.8 Å². The topological polar surface area (TPSA) is 102 Å². The lowest BCUT2D eigenvalue weighted by Crippen LogP contribution is -2.46. The standard InChI is InChI=1S/C24H33BrN8O2S/c1-15-14-18(36-31-15)27-24-28-22(26-16-5-7-17(8-6-16)32-9-12-34-13-10-32)20-21(25)30-33(23(20)29-24)19-4-2-3-11-35-19/h14,16-17,19H,2-13H2,1H3,(H2,26,27,28,29). The smallest absolute Gasteiger partial charge is 0.231 e. The van der Waals surface area contributed by atoms with Crippen molar-refractivity contribution in [2.75, 3.05) is 43.5 Å². The third-order valence-electron chi connectivity index (χ3n) is 7.40. The molecule has 0 radical (unpaired) electrons. The highest BCUT2D eigenvalue weighted by Gasteiger charge is 2.29. The van der Waals surface area contributed by atoms with E-state index in [1.165, 1.54) is 24.4 Å². The average Bonchev–Trinajstić information content (AvgIpc) is 3.47. The molecule has 194 valence electrons. The highest BCUT2D eigenvalue weighted by atomic mass is 79.9.